The van der Waals surface area contributed by atoms with Gasteiger partial charge < -0.3 is 4.90 Å². The first-order valence-corrected chi connectivity index (χ1v) is 13.2. The van der Waals surface area contributed by atoms with Crippen LogP contribution in [-0.2, 0) is 16.3 Å². The molecule has 8 nitrogen and oxygen atoms in total. The summed E-state index contributed by atoms with van der Waals surface area (Å²) in [7, 11) is -3.17. The van der Waals surface area contributed by atoms with Crippen molar-refractivity contribution in [2.24, 2.45) is 16.7 Å². The second kappa shape index (κ2) is 7.48. The Morgan fingerprint density at radius 2 is 1.72 bits per heavy atom. The summed E-state index contributed by atoms with van der Waals surface area (Å²) in [6.07, 6.45) is 6.07. The Labute approximate surface area is 190 Å². The predicted molar refractivity (Wildman–Crippen MR) is 123 cm³/mol. The van der Waals surface area contributed by atoms with E-state index in [4.69, 9.17) is 0 Å². The van der Waals surface area contributed by atoms with Gasteiger partial charge in [0.05, 0.1) is 10.9 Å². The number of aryl methyl sites for hydroxylation is 1. The molecule has 0 radical (unpaired) electrons. The minimum atomic E-state index is -3.17. The van der Waals surface area contributed by atoms with Crippen LogP contribution >= 0.6 is 0 Å². The molecule has 9 heteroatoms. The molecule has 32 heavy (non-hydrogen) atoms. The first-order valence-electron chi connectivity index (χ1n) is 11.3. The molecule has 1 aromatic carbocycles. The Bertz CT molecular complexity index is 1090. The van der Waals surface area contributed by atoms with Crippen molar-refractivity contribution in [1.82, 2.24) is 25.9 Å². The highest BCUT2D eigenvalue weighted by Gasteiger charge is 2.75. The van der Waals surface area contributed by atoms with Gasteiger partial charge in [0.1, 0.15) is 0 Å². The number of benzene rings is 1. The topological polar surface area (TPSA) is 90.5 Å². The summed E-state index contributed by atoms with van der Waals surface area (Å²) in [6.45, 7) is 10.7. The van der Waals surface area contributed by atoms with E-state index >= 15 is 0 Å². The van der Waals surface area contributed by atoms with Gasteiger partial charge in [-0.1, -0.05) is 32.9 Å². The number of nitrogens with zero attached hydrogens (tertiary/aromatic N) is 4. The predicted octanol–water partition coefficient (Wildman–Crippen LogP) is 1.97. The van der Waals surface area contributed by atoms with Crippen molar-refractivity contribution < 1.29 is 8.42 Å². The standard InChI is InChI=1S/C23H32N6O2S/c1-5-16-10-24-21(25-11-16)28-14-22(2)20(23(22,3)15-28)13-29-12-19(26-27-29)17-6-8-18(9-7-17)32(4,30)31/h6-11,19-20,26-27H,5,12-15H2,1-4H3/t19?,20?,22-,23+. The lowest BCUT2D eigenvalue weighted by Gasteiger charge is -2.25. The van der Waals surface area contributed by atoms with E-state index in [1.165, 1.54) is 11.8 Å². The third-order valence-corrected chi connectivity index (χ3v) is 9.22. The second-order valence-corrected chi connectivity index (χ2v) is 12.1. The minimum absolute atomic E-state index is 0.129. The normalized spacial score (nSPS) is 32.3. The van der Waals surface area contributed by atoms with Crippen molar-refractivity contribution in [3.63, 3.8) is 0 Å². The van der Waals surface area contributed by atoms with E-state index < -0.39 is 9.84 Å². The number of hydrogen-bond donors (Lipinski definition) is 2. The molecule has 2 unspecified atom stereocenters. The Morgan fingerprint density at radius 3 is 2.28 bits per heavy atom. The number of fused-ring (bicyclic) bond motifs is 1. The SMILES string of the molecule is CCc1cnc(N2C[C@@]3(C)C(CN4CC(c5ccc(S(C)(=O)=O)cc5)NN4)[C@@]3(C)C2)nc1. The van der Waals surface area contributed by atoms with Crippen LogP contribution in [0.15, 0.2) is 41.6 Å². The lowest BCUT2D eigenvalue weighted by Crippen LogP contribution is -2.40. The fourth-order valence-electron chi connectivity index (χ4n) is 5.70. The summed E-state index contributed by atoms with van der Waals surface area (Å²) in [5.41, 5.74) is 9.42. The van der Waals surface area contributed by atoms with Crippen molar-refractivity contribution >= 4 is 15.8 Å². The first kappa shape index (κ1) is 21.8. The highest BCUT2D eigenvalue weighted by Crippen LogP contribution is 2.72. The van der Waals surface area contributed by atoms with Crippen molar-refractivity contribution in [2.75, 3.05) is 37.3 Å². The summed E-state index contributed by atoms with van der Waals surface area (Å²) >= 11 is 0. The average molecular weight is 457 g/mol. The fraction of sp³-hybridized carbons (Fsp3) is 0.565. The van der Waals surface area contributed by atoms with E-state index in [1.54, 1.807) is 12.1 Å². The summed E-state index contributed by atoms with van der Waals surface area (Å²) in [4.78, 5) is 11.9. The van der Waals surface area contributed by atoms with Crippen LogP contribution in [0.5, 0.6) is 0 Å². The largest absolute Gasteiger partial charge is 0.340 e. The van der Waals surface area contributed by atoms with E-state index in [-0.39, 0.29) is 16.9 Å². The van der Waals surface area contributed by atoms with Gasteiger partial charge >= 0.3 is 0 Å². The van der Waals surface area contributed by atoms with Crippen molar-refractivity contribution in [3.05, 3.63) is 47.8 Å². The van der Waals surface area contributed by atoms with Crippen molar-refractivity contribution in [1.29, 1.82) is 0 Å². The van der Waals surface area contributed by atoms with Gasteiger partial charge in [0.15, 0.2) is 9.84 Å². The maximum Gasteiger partial charge on any atom is 0.225 e. The molecular formula is C23H32N6O2S. The molecule has 3 heterocycles. The lowest BCUT2D eigenvalue weighted by molar-refractivity contribution is 0.204. The molecule has 0 amide bonds. The quantitative estimate of drug-likeness (QED) is 0.682. The number of rotatable bonds is 6. The minimum Gasteiger partial charge on any atom is -0.340 e. The number of hydrazine groups is 2. The molecule has 2 aliphatic heterocycles. The molecule has 5 rings (SSSR count). The highest BCUT2D eigenvalue weighted by molar-refractivity contribution is 7.90. The molecular weight excluding hydrogens is 424 g/mol. The maximum atomic E-state index is 11.7. The Kier molecular flexibility index (Phi) is 5.09. The van der Waals surface area contributed by atoms with E-state index in [0.717, 1.165) is 44.1 Å². The molecule has 1 aromatic heterocycles. The van der Waals surface area contributed by atoms with E-state index in [0.29, 0.717) is 10.8 Å². The number of hydrogen-bond acceptors (Lipinski definition) is 8. The molecule has 1 saturated carbocycles. The Morgan fingerprint density at radius 1 is 1.09 bits per heavy atom. The average Bonchev–Trinajstić information content (AvgIpc) is 3.14. The van der Waals surface area contributed by atoms with Gasteiger partial charge in [0.2, 0.25) is 5.95 Å². The number of nitrogens with one attached hydrogen (secondary N) is 2. The Balaban J connectivity index is 1.19. The molecule has 2 N–H and O–H groups in total. The lowest BCUT2D eigenvalue weighted by atomic mass is 10.0. The molecule has 172 valence electrons. The van der Waals surface area contributed by atoms with Crippen LogP contribution in [0.2, 0.25) is 0 Å². The zero-order valence-corrected chi connectivity index (χ0v) is 20.0. The number of anilines is 1. The molecule has 3 fully saturated rings. The summed E-state index contributed by atoms with van der Waals surface area (Å²) < 4.78 is 23.4. The van der Waals surface area contributed by atoms with Crippen LogP contribution < -0.4 is 15.9 Å². The van der Waals surface area contributed by atoms with E-state index in [2.05, 4.69) is 51.6 Å². The maximum absolute atomic E-state index is 11.7. The van der Waals surface area contributed by atoms with Crippen LogP contribution in [-0.4, -0.2) is 55.8 Å². The van der Waals surface area contributed by atoms with E-state index in [1.807, 2.05) is 24.5 Å². The highest BCUT2D eigenvalue weighted by atomic mass is 32.2. The molecule has 4 atom stereocenters. The van der Waals surface area contributed by atoms with Crippen molar-refractivity contribution in [2.45, 2.75) is 38.1 Å². The monoisotopic (exact) mass is 456 g/mol. The fourth-order valence-corrected chi connectivity index (χ4v) is 6.33. The molecule has 1 aliphatic carbocycles. The van der Waals surface area contributed by atoms with Gasteiger partial charge in [-0.05, 0) is 46.4 Å². The Hall–Kier alpha value is -2.07. The van der Waals surface area contributed by atoms with Crippen LogP contribution in [0.3, 0.4) is 0 Å². The van der Waals surface area contributed by atoms with Gasteiger partial charge in [-0.2, -0.15) is 5.53 Å². The van der Waals surface area contributed by atoms with Crippen LogP contribution in [0.1, 0.15) is 37.9 Å². The van der Waals surface area contributed by atoms with Crippen LogP contribution in [0.4, 0.5) is 5.95 Å². The first-order chi connectivity index (χ1) is 15.1. The number of sulfone groups is 1. The zero-order valence-electron chi connectivity index (χ0n) is 19.2. The van der Waals surface area contributed by atoms with Gasteiger partial charge in [0, 0.05) is 44.8 Å². The molecule has 3 aliphatic rings. The molecule has 0 spiro atoms. The molecule has 2 saturated heterocycles. The third kappa shape index (κ3) is 3.51. The molecule has 2 aromatic rings. The number of aromatic nitrogens is 2. The van der Waals surface area contributed by atoms with Gasteiger partial charge in [0.25, 0.3) is 0 Å². The second-order valence-electron chi connectivity index (χ2n) is 10.0. The molecule has 0 bridgehead atoms. The van der Waals surface area contributed by atoms with Gasteiger partial charge in [-0.15, -0.1) is 0 Å². The summed E-state index contributed by atoms with van der Waals surface area (Å²) in [5.74, 6) is 1.44. The zero-order chi connectivity index (χ0) is 22.7. The van der Waals surface area contributed by atoms with E-state index in [9.17, 15) is 8.42 Å². The summed E-state index contributed by atoms with van der Waals surface area (Å²) in [6, 6.07) is 7.30. The third-order valence-electron chi connectivity index (χ3n) is 8.09. The summed E-state index contributed by atoms with van der Waals surface area (Å²) in [5, 5.41) is 2.26. The van der Waals surface area contributed by atoms with Gasteiger partial charge in [-0.25, -0.2) is 28.8 Å². The van der Waals surface area contributed by atoms with Gasteiger partial charge in [-0.3, -0.25) is 0 Å². The smallest absolute Gasteiger partial charge is 0.225 e. The number of piperidine rings is 1. The van der Waals surface area contributed by atoms with Crippen LogP contribution in [0, 0.1) is 16.7 Å². The van der Waals surface area contributed by atoms with Crippen LogP contribution in [0.25, 0.3) is 0 Å². The van der Waals surface area contributed by atoms with Crippen molar-refractivity contribution in [3.8, 4) is 0 Å².